The number of halogens is 1. The van der Waals surface area contributed by atoms with E-state index in [9.17, 15) is 21.9 Å². The molecule has 0 atom stereocenters. The first kappa shape index (κ1) is 11.7. The molecule has 0 unspecified atom stereocenters. The number of nitrogens with zero attached hydrogens (tertiary/aromatic N) is 1. The lowest BCUT2D eigenvalue weighted by Crippen LogP contribution is -2.33. The quantitative estimate of drug-likeness (QED) is 0.586. The maximum Gasteiger partial charge on any atom is 0.304 e. The van der Waals surface area contributed by atoms with E-state index in [1.807, 2.05) is 0 Å². The van der Waals surface area contributed by atoms with E-state index in [0.29, 0.717) is 0 Å². The van der Waals surface area contributed by atoms with Gasteiger partial charge >= 0.3 is 10.2 Å². The highest BCUT2D eigenvalue weighted by atomic mass is 32.3. The number of hydrogen-bond donors (Lipinski definition) is 0. The van der Waals surface area contributed by atoms with Gasteiger partial charge in [0.05, 0.1) is 16.9 Å². The molecule has 5 nitrogen and oxygen atoms in total. The van der Waals surface area contributed by atoms with Crippen LogP contribution in [0.1, 0.15) is 20.7 Å². The van der Waals surface area contributed by atoms with Gasteiger partial charge in [-0.05, 0) is 12.1 Å². The Kier molecular flexibility index (Phi) is 2.70. The van der Waals surface area contributed by atoms with Gasteiger partial charge in [-0.3, -0.25) is 14.5 Å². The summed E-state index contributed by atoms with van der Waals surface area (Å²) in [6.45, 7) is -0.467. The Hall–Kier alpha value is -1.76. The van der Waals surface area contributed by atoms with E-state index in [4.69, 9.17) is 0 Å². The molecular formula is C10H8FNO4S. The zero-order chi connectivity index (χ0) is 12.6. The van der Waals surface area contributed by atoms with Crippen molar-refractivity contribution in [3.05, 3.63) is 35.4 Å². The summed E-state index contributed by atoms with van der Waals surface area (Å²) in [6, 6.07) is 6.14. The molecule has 0 bridgehead atoms. The third kappa shape index (κ3) is 2.19. The van der Waals surface area contributed by atoms with Crippen molar-refractivity contribution in [2.75, 3.05) is 12.3 Å². The van der Waals surface area contributed by atoms with E-state index in [1.54, 1.807) is 12.1 Å². The van der Waals surface area contributed by atoms with Gasteiger partial charge in [0, 0.05) is 6.54 Å². The van der Waals surface area contributed by atoms with Gasteiger partial charge in [0.25, 0.3) is 11.8 Å². The molecule has 2 rings (SSSR count). The van der Waals surface area contributed by atoms with Gasteiger partial charge in [-0.25, -0.2) is 0 Å². The van der Waals surface area contributed by atoms with Crippen molar-refractivity contribution in [3.8, 4) is 0 Å². The Labute approximate surface area is 97.1 Å². The lowest BCUT2D eigenvalue weighted by molar-refractivity contribution is 0.0664. The average Bonchev–Trinajstić information content (AvgIpc) is 2.49. The molecule has 0 radical (unpaired) electrons. The van der Waals surface area contributed by atoms with Gasteiger partial charge in [0.2, 0.25) is 0 Å². The average molecular weight is 257 g/mol. The molecule has 90 valence electrons. The standard InChI is InChI=1S/C10H8FNO4S/c11-17(15,16)6-5-12-9(13)7-3-1-2-4-8(7)10(12)14/h1-4H,5-6H2. The van der Waals surface area contributed by atoms with Gasteiger partial charge in [-0.1, -0.05) is 12.1 Å². The second kappa shape index (κ2) is 3.92. The number of rotatable bonds is 3. The third-order valence-electron chi connectivity index (χ3n) is 2.44. The highest BCUT2D eigenvalue weighted by Crippen LogP contribution is 2.22. The number of fused-ring (bicyclic) bond motifs is 1. The first-order valence-electron chi connectivity index (χ1n) is 4.78. The molecule has 1 aromatic carbocycles. The smallest absolute Gasteiger partial charge is 0.273 e. The van der Waals surface area contributed by atoms with E-state index in [2.05, 4.69) is 0 Å². The molecular weight excluding hydrogens is 249 g/mol. The Balaban J connectivity index is 2.25. The van der Waals surface area contributed by atoms with Crippen LogP contribution in [0, 0.1) is 0 Å². The summed E-state index contributed by atoms with van der Waals surface area (Å²) in [5, 5.41) is 0. The molecule has 7 heteroatoms. The molecule has 1 aliphatic heterocycles. The normalized spacial score (nSPS) is 15.2. The molecule has 0 saturated heterocycles. The summed E-state index contributed by atoms with van der Waals surface area (Å²) in [5.41, 5.74) is 0.433. The molecule has 17 heavy (non-hydrogen) atoms. The van der Waals surface area contributed by atoms with Gasteiger partial charge in [-0.15, -0.1) is 3.89 Å². The van der Waals surface area contributed by atoms with Crippen molar-refractivity contribution in [2.24, 2.45) is 0 Å². The molecule has 0 spiro atoms. The Morgan fingerprint density at radius 2 is 1.53 bits per heavy atom. The minimum Gasteiger partial charge on any atom is -0.273 e. The third-order valence-corrected chi connectivity index (χ3v) is 3.11. The first-order chi connectivity index (χ1) is 7.90. The summed E-state index contributed by atoms with van der Waals surface area (Å²) < 4.78 is 33.1. The van der Waals surface area contributed by atoms with Gasteiger partial charge in [0.1, 0.15) is 0 Å². The van der Waals surface area contributed by atoms with Crippen LogP contribution in [0.2, 0.25) is 0 Å². The summed E-state index contributed by atoms with van der Waals surface area (Å²) in [5.74, 6) is -2.05. The molecule has 0 N–H and O–H groups in total. The topological polar surface area (TPSA) is 71.5 Å². The first-order valence-corrected chi connectivity index (χ1v) is 6.33. The molecule has 1 aromatic rings. The highest BCUT2D eigenvalue weighted by Gasteiger charge is 2.35. The second-order valence-electron chi connectivity index (χ2n) is 3.55. The Morgan fingerprint density at radius 1 is 1.06 bits per heavy atom. The maximum atomic E-state index is 12.3. The number of imide groups is 1. The van der Waals surface area contributed by atoms with Crippen LogP contribution < -0.4 is 0 Å². The minimum absolute atomic E-state index is 0.216. The van der Waals surface area contributed by atoms with Gasteiger partial charge in [0.15, 0.2) is 0 Å². The van der Waals surface area contributed by atoms with Crippen molar-refractivity contribution in [1.82, 2.24) is 4.90 Å². The fourth-order valence-corrected chi connectivity index (χ4v) is 2.04. The summed E-state index contributed by atoms with van der Waals surface area (Å²) in [7, 11) is -4.69. The number of hydrogen-bond acceptors (Lipinski definition) is 4. The van der Waals surface area contributed by atoms with Crippen LogP contribution in [0.5, 0.6) is 0 Å². The van der Waals surface area contributed by atoms with E-state index < -0.39 is 34.3 Å². The van der Waals surface area contributed by atoms with Crippen LogP contribution >= 0.6 is 0 Å². The van der Waals surface area contributed by atoms with E-state index >= 15 is 0 Å². The van der Waals surface area contributed by atoms with Crippen LogP contribution in [0.3, 0.4) is 0 Å². The Morgan fingerprint density at radius 3 is 1.94 bits per heavy atom. The van der Waals surface area contributed by atoms with Gasteiger partial charge in [-0.2, -0.15) is 8.42 Å². The second-order valence-corrected chi connectivity index (χ2v) is 5.04. The predicted molar refractivity (Wildman–Crippen MR) is 56.7 cm³/mol. The van der Waals surface area contributed by atoms with Crippen LogP contribution in [-0.4, -0.2) is 37.4 Å². The van der Waals surface area contributed by atoms with E-state index in [-0.39, 0.29) is 11.1 Å². The fraction of sp³-hybridized carbons (Fsp3) is 0.200. The maximum absolute atomic E-state index is 12.3. The zero-order valence-electron chi connectivity index (χ0n) is 8.59. The number of benzene rings is 1. The number of carbonyl (C=O) groups excluding carboxylic acids is 2. The molecule has 2 amide bonds. The molecule has 1 aliphatic rings. The van der Waals surface area contributed by atoms with Crippen molar-refractivity contribution in [1.29, 1.82) is 0 Å². The molecule has 0 saturated carbocycles. The summed E-state index contributed by atoms with van der Waals surface area (Å²) in [4.78, 5) is 24.2. The summed E-state index contributed by atoms with van der Waals surface area (Å²) >= 11 is 0. The van der Waals surface area contributed by atoms with Gasteiger partial charge < -0.3 is 0 Å². The zero-order valence-corrected chi connectivity index (χ0v) is 9.41. The van der Waals surface area contributed by atoms with E-state index in [1.165, 1.54) is 12.1 Å². The lowest BCUT2D eigenvalue weighted by Gasteiger charge is -2.11. The molecule has 0 aromatic heterocycles. The monoisotopic (exact) mass is 257 g/mol. The molecule has 0 aliphatic carbocycles. The highest BCUT2D eigenvalue weighted by molar-refractivity contribution is 7.86. The van der Waals surface area contributed by atoms with Crippen LogP contribution in [-0.2, 0) is 10.2 Å². The van der Waals surface area contributed by atoms with E-state index in [0.717, 1.165) is 4.90 Å². The number of amides is 2. The fourth-order valence-electron chi connectivity index (χ4n) is 1.64. The SMILES string of the molecule is O=C1c2ccccc2C(=O)N1CCS(=O)(=O)F. The summed E-state index contributed by atoms with van der Waals surface area (Å²) in [6.07, 6.45) is 0. The van der Waals surface area contributed by atoms with Crippen molar-refractivity contribution < 1.29 is 21.9 Å². The lowest BCUT2D eigenvalue weighted by atomic mass is 10.1. The van der Waals surface area contributed by atoms with Crippen molar-refractivity contribution in [3.63, 3.8) is 0 Å². The Bertz CT molecular complexity index is 561. The minimum atomic E-state index is -4.69. The molecule has 1 heterocycles. The predicted octanol–water partition coefficient (Wildman–Crippen LogP) is 0.582. The van der Waals surface area contributed by atoms with Crippen LogP contribution in [0.15, 0.2) is 24.3 Å². The number of carbonyl (C=O) groups is 2. The molecule has 0 fully saturated rings. The van der Waals surface area contributed by atoms with Crippen molar-refractivity contribution in [2.45, 2.75) is 0 Å². The van der Waals surface area contributed by atoms with Crippen LogP contribution in [0.4, 0.5) is 3.89 Å². The van der Waals surface area contributed by atoms with Crippen LogP contribution in [0.25, 0.3) is 0 Å². The van der Waals surface area contributed by atoms with Crippen molar-refractivity contribution >= 4 is 22.0 Å². The largest absolute Gasteiger partial charge is 0.304 e.